The Bertz CT molecular complexity index is 1270. The summed E-state index contributed by atoms with van der Waals surface area (Å²) >= 11 is 0. The molecule has 1 aliphatic rings. The normalized spacial score (nSPS) is 16.1. The zero-order chi connectivity index (χ0) is 21.5. The number of piperidine rings is 1. The standard InChI is InChI=1S/C20H22FN5O3S/c1-25-18-13(11-16(19(25)27)15-5-3-4-6-17(15)21)12-22-20(24-18)23-14-7-9-26(10-8-14)30(2,28)29/h3-6,11-12,14H,7-10H2,1-2H3,(H,22,23,24). The maximum Gasteiger partial charge on any atom is 0.259 e. The number of fused-ring (bicyclic) bond motifs is 1. The molecule has 0 amide bonds. The quantitative estimate of drug-likeness (QED) is 0.678. The Balaban J connectivity index is 1.61. The third-order valence-electron chi connectivity index (χ3n) is 5.37. The first-order valence-corrected chi connectivity index (χ1v) is 11.4. The molecule has 30 heavy (non-hydrogen) atoms. The maximum absolute atomic E-state index is 14.2. The lowest BCUT2D eigenvalue weighted by Gasteiger charge is -2.30. The largest absolute Gasteiger partial charge is 0.351 e. The van der Waals surface area contributed by atoms with Gasteiger partial charge in [-0.1, -0.05) is 18.2 Å². The van der Waals surface area contributed by atoms with Gasteiger partial charge in [0.2, 0.25) is 16.0 Å². The number of benzene rings is 1. The minimum Gasteiger partial charge on any atom is -0.351 e. The summed E-state index contributed by atoms with van der Waals surface area (Å²) in [5.74, 6) is -0.0949. The van der Waals surface area contributed by atoms with Crippen molar-refractivity contribution < 1.29 is 12.8 Å². The highest BCUT2D eigenvalue weighted by Crippen LogP contribution is 2.23. The lowest BCUT2D eigenvalue weighted by Crippen LogP contribution is -2.42. The van der Waals surface area contributed by atoms with Gasteiger partial charge in [-0.3, -0.25) is 9.36 Å². The number of pyridine rings is 1. The third kappa shape index (κ3) is 3.92. The smallest absolute Gasteiger partial charge is 0.259 e. The van der Waals surface area contributed by atoms with Gasteiger partial charge in [0.1, 0.15) is 11.5 Å². The van der Waals surface area contributed by atoms with Crippen molar-refractivity contribution in [2.75, 3.05) is 24.7 Å². The van der Waals surface area contributed by atoms with Gasteiger partial charge in [-0.25, -0.2) is 22.1 Å². The Morgan fingerprint density at radius 2 is 1.87 bits per heavy atom. The number of aromatic nitrogens is 3. The lowest BCUT2D eigenvalue weighted by atomic mass is 10.1. The van der Waals surface area contributed by atoms with E-state index in [0.29, 0.717) is 42.9 Å². The van der Waals surface area contributed by atoms with Crippen LogP contribution in [0.25, 0.3) is 22.2 Å². The molecule has 158 valence electrons. The van der Waals surface area contributed by atoms with Crippen LogP contribution in [0.4, 0.5) is 10.3 Å². The molecular weight excluding hydrogens is 409 g/mol. The molecule has 0 spiro atoms. The van der Waals surface area contributed by atoms with Crippen LogP contribution in [0.1, 0.15) is 12.8 Å². The van der Waals surface area contributed by atoms with Crippen LogP contribution in [0, 0.1) is 5.82 Å². The van der Waals surface area contributed by atoms with Gasteiger partial charge in [-0.2, -0.15) is 4.98 Å². The molecule has 0 bridgehead atoms. The summed E-state index contributed by atoms with van der Waals surface area (Å²) in [6.07, 6.45) is 4.09. The molecule has 1 aliphatic heterocycles. The molecule has 1 fully saturated rings. The van der Waals surface area contributed by atoms with E-state index in [2.05, 4.69) is 15.3 Å². The summed E-state index contributed by atoms with van der Waals surface area (Å²) in [4.78, 5) is 21.6. The molecule has 0 saturated carbocycles. The minimum atomic E-state index is -3.18. The van der Waals surface area contributed by atoms with Gasteiger partial charge in [-0.05, 0) is 25.0 Å². The summed E-state index contributed by atoms with van der Waals surface area (Å²) in [5, 5.41) is 3.85. The van der Waals surface area contributed by atoms with Crippen molar-refractivity contribution in [3.05, 3.63) is 52.7 Å². The maximum atomic E-state index is 14.2. The number of hydrogen-bond donors (Lipinski definition) is 1. The molecule has 1 aromatic carbocycles. The molecule has 3 heterocycles. The van der Waals surface area contributed by atoms with E-state index in [1.54, 1.807) is 37.5 Å². The average molecular weight is 431 g/mol. The van der Waals surface area contributed by atoms with Crippen LogP contribution in [0.2, 0.25) is 0 Å². The van der Waals surface area contributed by atoms with Crippen LogP contribution >= 0.6 is 0 Å². The van der Waals surface area contributed by atoms with Crippen molar-refractivity contribution in [3.63, 3.8) is 0 Å². The van der Waals surface area contributed by atoms with Crippen molar-refractivity contribution >= 4 is 27.0 Å². The zero-order valence-corrected chi connectivity index (χ0v) is 17.5. The first-order chi connectivity index (χ1) is 14.2. The third-order valence-corrected chi connectivity index (χ3v) is 6.67. The second kappa shape index (κ2) is 7.77. The molecule has 0 unspecified atom stereocenters. The van der Waals surface area contributed by atoms with E-state index in [0.717, 1.165) is 0 Å². The predicted octanol–water partition coefficient (Wildman–Crippen LogP) is 1.97. The van der Waals surface area contributed by atoms with Crippen LogP contribution in [-0.2, 0) is 17.1 Å². The SMILES string of the molecule is Cn1c(=O)c(-c2ccccc2F)cc2cnc(NC3CCN(S(C)(=O)=O)CC3)nc21. The Hall–Kier alpha value is -2.85. The summed E-state index contributed by atoms with van der Waals surface area (Å²) < 4.78 is 40.3. The summed E-state index contributed by atoms with van der Waals surface area (Å²) in [6.45, 7) is 0.878. The van der Waals surface area contributed by atoms with Crippen molar-refractivity contribution in [1.29, 1.82) is 0 Å². The fourth-order valence-electron chi connectivity index (χ4n) is 3.70. The van der Waals surface area contributed by atoms with Gasteiger partial charge in [0, 0.05) is 43.3 Å². The van der Waals surface area contributed by atoms with E-state index in [9.17, 15) is 17.6 Å². The van der Waals surface area contributed by atoms with Crippen LogP contribution in [-0.4, -0.2) is 52.6 Å². The van der Waals surface area contributed by atoms with Crippen molar-refractivity contribution in [2.45, 2.75) is 18.9 Å². The fraction of sp³-hybridized carbons (Fsp3) is 0.350. The monoisotopic (exact) mass is 431 g/mol. The molecule has 0 aliphatic carbocycles. The van der Waals surface area contributed by atoms with Gasteiger partial charge in [-0.15, -0.1) is 0 Å². The number of aryl methyl sites for hydroxylation is 1. The second-order valence-electron chi connectivity index (χ2n) is 7.46. The van der Waals surface area contributed by atoms with E-state index in [1.165, 1.54) is 21.2 Å². The number of halogens is 1. The topological polar surface area (TPSA) is 97.2 Å². The highest BCUT2D eigenvalue weighted by Gasteiger charge is 2.25. The molecule has 1 N–H and O–H groups in total. The van der Waals surface area contributed by atoms with Gasteiger partial charge < -0.3 is 5.32 Å². The average Bonchev–Trinajstić information content (AvgIpc) is 2.71. The van der Waals surface area contributed by atoms with Gasteiger partial charge >= 0.3 is 0 Å². The van der Waals surface area contributed by atoms with Crippen LogP contribution in [0.5, 0.6) is 0 Å². The number of nitrogens with zero attached hydrogens (tertiary/aromatic N) is 4. The Kier molecular flexibility index (Phi) is 5.29. The molecule has 0 radical (unpaired) electrons. The van der Waals surface area contributed by atoms with Crippen molar-refractivity contribution in [3.8, 4) is 11.1 Å². The molecule has 3 aromatic rings. The highest BCUT2D eigenvalue weighted by atomic mass is 32.2. The molecular formula is C20H22FN5O3S. The minimum absolute atomic E-state index is 0.0372. The van der Waals surface area contributed by atoms with Crippen LogP contribution < -0.4 is 10.9 Å². The van der Waals surface area contributed by atoms with E-state index >= 15 is 0 Å². The number of anilines is 1. The molecule has 1 saturated heterocycles. The van der Waals surface area contributed by atoms with Crippen molar-refractivity contribution in [2.24, 2.45) is 7.05 Å². The molecule has 10 heteroatoms. The first kappa shape index (κ1) is 20.4. The van der Waals surface area contributed by atoms with Crippen LogP contribution in [0.15, 0.2) is 41.3 Å². The Morgan fingerprint density at radius 1 is 1.17 bits per heavy atom. The molecule has 0 atom stereocenters. The van der Waals surface area contributed by atoms with E-state index in [-0.39, 0.29) is 22.7 Å². The summed E-state index contributed by atoms with van der Waals surface area (Å²) in [7, 11) is -1.59. The number of hydrogen-bond acceptors (Lipinski definition) is 6. The Morgan fingerprint density at radius 3 is 2.53 bits per heavy atom. The van der Waals surface area contributed by atoms with E-state index in [4.69, 9.17) is 0 Å². The predicted molar refractivity (Wildman–Crippen MR) is 113 cm³/mol. The highest BCUT2D eigenvalue weighted by molar-refractivity contribution is 7.88. The van der Waals surface area contributed by atoms with Gasteiger partial charge in [0.05, 0.1) is 11.8 Å². The van der Waals surface area contributed by atoms with Gasteiger partial charge in [0.15, 0.2) is 0 Å². The second-order valence-corrected chi connectivity index (χ2v) is 9.44. The summed E-state index contributed by atoms with van der Waals surface area (Å²) in [6, 6.07) is 7.78. The lowest BCUT2D eigenvalue weighted by molar-refractivity contribution is 0.331. The number of sulfonamides is 1. The van der Waals surface area contributed by atoms with E-state index < -0.39 is 15.8 Å². The van der Waals surface area contributed by atoms with Crippen LogP contribution in [0.3, 0.4) is 0 Å². The first-order valence-electron chi connectivity index (χ1n) is 9.57. The number of rotatable bonds is 4. The van der Waals surface area contributed by atoms with E-state index in [1.807, 2.05) is 0 Å². The molecule has 4 rings (SSSR count). The van der Waals surface area contributed by atoms with Gasteiger partial charge in [0.25, 0.3) is 5.56 Å². The zero-order valence-electron chi connectivity index (χ0n) is 16.7. The molecule has 8 nitrogen and oxygen atoms in total. The Labute approximate surface area is 173 Å². The summed E-state index contributed by atoms with van der Waals surface area (Å²) in [5.41, 5.74) is 0.574. The number of nitrogens with one attached hydrogen (secondary N) is 1. The van der Waals surface area contributed by atoms with Crippen molar-refractivity contribution in [1.82, 2.24) is 18.8 Å². The molecule has 2 aromatic heterocycles. The fourth-order valence-corrected chi connectivity index (χ4v) is 4.58.